The van der Waals surface area contributed by atoms with Crippen LogP contribution in [-0.4, -0.2) is 5.54 Å². The van der Waals surface area contributed by atoms with E-state index in [0.717, 1.165) is 6.42 Å². The van der Waals surface area contributed by atoms with Gasteiger partial charge in [-0.25, -0.2) is 0 Å². The molecule has 15 heavy (non-hydrogen) atoms. The Morgan fingerprint density at radius 3 is 2.20 bits per heavy atom. The second kappa shape index (κ2) is 3.97. The van der Waals surface area contributed by atoms with Crippen LogP contribution in [-0.2, 0) is 5.41 Å². The maximum absolute atomic E-state index is 6.10. The average Bonchev–Trinajstić information content (AvgIpc) is 1.99. The first-order chi connectivity index (χ1) is 6.71. The van der Waals surface area contributed by atoms with Crippen LogP contribution in [0.15, 0.2) is 24.3 Å². The van der Waals surface area contributed by atoms with E-state index in [1.54, 1.807) is 0 Å². The molecule has 1 rings (SSSR count). The fourth-order valence-electron chi connectivity index (χ4n) is 2.31. The van der Waals surface area contributed by atoms with Crippen molar-refractivity contribution in [3.05, 3.63) is 35.4 Å². The third kappa shape index (κ3) is 3.67. The maximum atomic E-state index is 6.10. The van der Waals surface area contributed by atoms with E-state index in [0.29, 0.717) is 0 Å². The highest BCUT2D eigenvalue weighted by Gasteiger charge is 2.27. The monoisotopic (exact) mass is 205 g/mol. The maximum Gasteiger partial charge on any atom is 0.0105 e. The van der Waals surface area contributed by atoms with Gasteiger partial charge in [-0.2, -0.15) is 0 Å². The fourth-order valence-corrected chi connectivity index (χ4v) is 2.31. The van der Waals surface area contributed by atoms with Gasteiger partial charge in [0.25, 0.3) is 0 Å². The second-order valence-corrected chi connectivity index (χ2v) is 5.92. The molecule has 1 aromatic rings. The van der Waals surface area contributed by atoms with E-state index < -0.39 is 0 Å². The summed E-state index contributed by atoms with van der Waals surface area (Å²) >= 11 is 0. The molecule has 2 N–H and O–H groups in total. The summed E-state index contributed by atoms with van der Waals surface area (Å²) in [5.41, 5.74) is 8.81. The number of aryl methyl sites for hydroxylation is 1. The van der Waals surface area contributed by atoms with Gasteiger partial charge in [0.1, 0.15) is 0 Å². The molecule has 0 bridgehead atoms. The van der Waals surface area contributed by atoms with E-state index in [9.17, 15) is 0 Å². The lowest BCUT2D eigenvalue weighted by molar-refractivity contribution is 0.350. The van der Waals surface area contributed by atoms with E-state index in [1.165, 1.54) is 11.1 Å². The van der Waals surface area contributed by atoms with Gasteiger partial charge in [0, 0.05) is 5.54 Å². The standard InChI is InChI=1S/C14H23N/c1-11-7-6-8-12(9-11)13(2,3)10-14(4,5)15/h6-9H,10,15H2,1-5H3. The van der Waals surface area contributed by atoms with E-state index in [1.807, 2.05) is 0 Å². The van der Waals surface area contributed by atoms with Gasteiger partial charge >= 0.3 is 0 Å². The predicted molar refractivity (Wildman–Crippen MR) is 67.1 cm³/mol. The van der Waals surface area contributed by atoms with Crippen molar-refractivity contribution in [3.63, 3.8) is 0 Å². The van der Waals surface area contributed by atoms with Crippen molar-refractivity contribution in [1.82, 2.24) is 0 Å². The molecular weight excluding hydrogens is 182 g/mol. The lowest BCUT2D eigenvalue weighted by Gasteiger charge is -2.33. The molecule has 1 heteroatoms. The minimum absolute atomic E-state index is 0.118. The molecule has 0 aromatic heterocycles. The topological polar surface area (TPSA) is 26.0 Å². The van der Waals surface area contributed by atoms with E-state index in [4.69, 9.17) is 5.73 Å². The van der Waals surface area contributed by atoms with Crippen molar-refractivity contribution in [2.75, 3.05) is 0 Å². The van der Waals surface area contributed by atoms with Crippen molar-refractivity contribution < 1.29 is 0 Å². The lowest BCUT2D eigenvalue weighted by atomic mass is 9.75. The van der Waals surface area contributed by atoms with Gasteiger partial charge in [-0.15, -0.1) is 0 Å². The molecular formula is C14H23N. The highest BCUT2D eigenvalue weighted by Crippen LogP contribution is 2.31. The molecule has 0 aliphatic heterocycles. The first-order valence-corrected chi connectivity index (χ1v) is 5.57. The highest BCUT2D eigenvalue weighted by atomic mass is 14.7. The summed E-state index contributed by atoms with van der Waals surface area (Å²) in [4.78, 5) is 0. The number of rotatable bonds is 3. The lowest BCUT2D eigenvalue weighted by Crippen LogP contribution is -2.39. The Labute approximate surface area is 93.7 Å². The number of hydrogen-bond donors (Lipinski definition) is 1. The molecule has 0 aliphatic carbocycles. The summed E-state index contributed by atoms with van der Waals surface area (Å²) in [6, 6.07) is 8.70. The molecule has 0 saturated carbocycles. The van der Waals surface area contributed by atoms with Crippen LogP contribution in [0.1, 0.15) is 45.2 Å². The smallest absolute Gasteiger partial charge is 0.0105 e. The molecule has 1 aromatic carbocycles. The van der Waals surface area contributed by atoms with Gasteiger partial charge in [-0.05, 0) is 38.2 Å². The minimum atomic E-state index is -0.118. The van der Waals surface area contributed by atoms with Crippen molar-refractivity contribution in [3.8, 4) is 0 Å². The molecule has 84 valence electrons. The summed E-state index contributed by atoms with van der Waals surface area (Å²) < 4.78 is 0. The molecule has 0 heterocycles. The zero-order valence-electron chi connectivity index (χ0n) is 10.6. The van der Waals surface area contributed by atoms with Gasteiger partial charge in [0.05, 0.1) is 0 Å². The molecule has 1 nitrogen and oxygen atoms in total. The van der Waals surface area contributed by atoms with Crippen LogP contribution in [0.4, 0.5) is 0 Å². The molecule has 0 atom stereocenters. The molecule has 0 amide bonds. The third-order valence-electron chi connectivity index (χ3n) is 2.70. The fraction of sp³-hybridized carbons (Fsp3) is 0.571. The summed E-state index contributed by atoms with van der Waals surface area (Å²) in [7, 11) is 0. The number of nitrogens with two attached hydrogens (primary N) is 1. The molecule has 0 radical (unpaired) electrons. The summed E-state index contributed by atoms with van der Waals surface area (Å²) in [6.07, 6.45) is 0.990. The van der Waals surface area contributed by atoms with Crippen LogP contribution < -0.4 is 5.73 Å². The molecule has 0 aliphatic rings. The van der Waals surface area contributed by atoms with Gasteiger partial charge in [0.15, 0.2) is 0 Å². The van der Waals surface area contributed by atoms with Crippen molar-refractivity contribution in [2.24, 2.45) is 5.73 Å². The normalized spacial score (nSPS) is 12.9. The summed E-state index contributed by atoms with van der Waals surface area (Å²) in [5, 5.41) is 0. The Balaban J connectivity index is 2.95. The molecule has 0 spiro atoms. The van der Waals surface area contributed by atoms with Gasteiger partial charge in [-0.1, -0.05) is 43.7 Å². The van der Waals surface area contributed by atoms with Crippen LogP contribution in [0.3, 0.4) is 0 Å². The second-order valence-electron chi connectivity index (χ2n) is 5.92. The largest absolute Gasteiger partial charge is 0.326 e. The van der Waals surface area contributed by atoms with E-state index in [2.05, 4.69) is 58.9 Å². The number of benzene rings is 1. The molecule has 0 saturated heterocycles. The first-order valence-electron chi connectivity index (χ1n) is 5.57. The van der Waals surface area contributed by atoms with Crippen LogP contribution in [0, 0.1) is 6.92 Å². The van der Waals surface area contributed by atoms with E-state index >= 15 is 0 Å². The number of hydrogen-bond acceptors (Lipinski definition) is 1. The quantitative estimate of drug-likeness (QED) is 0.804. The highest BCUT2D eigenvalue weighted by molar-refractivity contribution is 5.28. The molecule has 0 fully saturated rings. The Morgan fingerprint density at radius 2 is 1.73 bits per heavy atom. The Kier molecular flexibility index (Phi) is 3.25. The van der Waals surface area contributed by atoms with Crippen LogP contribution in [0.2, 0.25) is 0 Å². The third-order valence-corrected chi connectivity index (χ3v) is 2.70. The molecule has 0 unspecified atom stereocenters. The van der Waals surface area contributed by atoms with Crippen molar-refractivity contribution in [1.29, 1.82) is 0 Å². The minimum Gasteiger partial charge on any atom is -0.326 e. The average molecular weight is 205 g/mol. The Hall–Kier alpha value is -0.820. The van der Waals surface area contributed by atoms with Crippen LogP contribution >= 0.6 is 0 Å². The van der Waals surface area contributed by atoms with Gasteiger partial charge in [0.2, 0.25) is 0 Å². The SMILES string of the molecule is Cc1cccc(C(C)(C)CC(C)(C)N)c1. The van der Waals surface area contributed by atoms with Crippen LogP contribution in [0.5, 0.6) is 0 Å². The first kappa shape index (κ1) is 12.3. The van der Waals surface area contributed by atoms with E-state index in [-0.39, 0.29) is 11.0 Å². The predicted octanol–water partition coefficient (Wildman–Crippen LogP) is 3.40. The summed E-state index contributed by atoms with van der Waals surface area (Å²) in [6.45, 7) is 10.8. The van der Waals surface area contributed by atoms with Crippen molar-refractivity contribution in [2.45, 2.75) is 52.0 Å². The Morgan fingerprint density at radius 1 is 1.13 bits per heavy atom. The zero-order valence-corrected chi connectivity index (χ0v) is 10.6. The van der Waals surface area contributed by atoms with Crippen molar-refractivity contribution >= 4 is 0 Å². The Bertz CT molecular complexity index is 331. The van der Waals surface area contributed by atoms with Gasteiger partial charge < -0.3 is 5.73 Å². The van der Waals surface area contributed by atoms with Gasteiger partial charge in [-0.3, -0.25) is 0 Å². The summed E-state index contributed by atoms with van der Waals surface area (Å²) in [5.74, 6) is 0. The zero-order chi connectivity index (χ0) is 11.7. The van der Waals surface area contributed by atoms with Crippen LogP contribution in [0.25, 0.3) is 0 Å².